The number of amides is 4. The van der Waals surface area contributed by atoms with Crippen molar-refractivity contribution in [3.63, 3.8) is 0 Å². The maximum Gasteiger partial charge on any atom is 0.326 e. The van der Waals surface area contributed by atoms with Crippen LogP contribution in [0.15, 0.2) is 84.9 Å². The van der Waals surface area contributed by atoms with E-state index in [4.69, 9.17) is 11.6 Å². The van der Waals surface area contributed by atoms with E-state index >= 15 is 0 Å². The minimum Gasteiger partial charge on any atom is -0.348 e. The third-order valence-electron chi connectivity index (χ3n) is 5.57. The van der Waals surface area contributed by atoms with Gasteiger partial charge in [0.1, 0.15) is 6.54 Å². The monoisotopic (exact) mass is 447 g/mol. The number of hydrogen-bond acceptors (Lipinski definition) is 3. The van der Waals surface area contributed by atoms with E-state index in [1.54, 1.807) is 36.4 Å². The normalized spacial score (nSPS) is 15.9. The Hall–Kier alpha value is -3.64. The number of hydrogen-bond donors (Lipinski definition) is 2. The van der Waals surface area contributed by atoms with Gasteiger partial charge in [-0.15, -0.1) is 0 Å². The highest BCUT2D eigenvalue weighted by atomic mass is 35.5. The average molecular weight is 448 g/mol. The van der Waals surface area contributed by atoms with Crippen LogP contribution in [0.5, 0.6) is 0 Å². The van der Waals surface area contributed by atoms with Crippen molar-refractivity contribution in [3.05, 3.63) is 107 Å². The zero-order chi connectivity index (χ0) is 22.7. The van der Waals surface area contributed by atoms with Gasteiger partial charge in [-0.3, -0.25) is 14.5 Å². The first-order chi connectivity index (χ1) is 15.4. The largest absolute Gasteiger partial charge is 0.348 e. The minimum atomic E-state index is -1.39. The van der Waals surface area contributed by atoms with Gasteiger partial charge in [-0.05, 0) is 35.7 Å². The second-order valence-electron chi connectivity index (χ2n) is 7.64. The van der Waals surface area contributed by atoms with Crippen molar-refractivity contribution in [1.82, 2.24) is 15.5 Å². The van der Waals surface area contributed by atoms with Crippen LogP contribution in [0.25, 0.3) is 0 Å². The smallest absolute Gasteiger partial charge is 0.326 e. The van der Waals surface area contributed by atoms with Gasteiger partial charge in [0.05, 0.1) is 6.04 Å². The Morgan fingerprint density at radius 1 is 0.938 bits per heavy atom. The van der Waals surface area contributed by atoms with Crippen molar-refractivity contribution in [3.8, 4) is 0 Å². The second kappa shape index (κ2) is 8.85. The molecule has 1 atom stereocenters. The van der Waals surface area contributed by atoms with Gasteiger partial charge in [-0.1, -0.05) is 84.4 Å². The van der Waals surface area contributed by atoms with Crippen LogP contribution in [0.4, 0.5) is 4.79 Å². The number of halogens is 1. The molecule has 1 heterocycles. The van der Waals surface area contributed by atoms with Gasteiger partial charge < -0.3 is 10.6 Å². The van der Waals surface area contributed by atoms with Gasteiger partial charge in [-0.2, -0.15) is 0 Å². The lowest BCUT2D eigenvalue weighted by molar-refractivity contribution is -0.134. The number of benzene rings is 3. The Kier molecular flexibility index (Phi) is 5.97. The van der Waals surface area contributed by atoms with E-state index in [0.29, 0.717) is 16.1 Å². The van der Waals surface area contributed by atoms with Crippen LogP contribution in [0.1, 0.15) is 29.7 Å². The molecule has 0 spiro atoms. The molecule has 0 radical (unpaired) electrons. The maximum atomic E-state index is 13.6. The fourth-order valence-corrected chi connectivity index (χ4v) is 4.05. The van der Waals surface area contributed by atoms with Gasteiger partial charge in [0.2, 0.25) is 5.91 Å². The highest BCUT2D eigenvalue weighted by molar-refractivity contribution is 6.30. The highest BCUT2D eigenvalue weighted by Crippen LogP contribution is 2.35. The van der Waals surface area contributed by atoms with E-state index in [2.05, 4.69) is 10.6 Å². The molecule has 0 saturated carbocycles. The van der Waals surface area contributed by atoms with Crippen LogP contribution in [-0.2, 0) is 15.1 Å². The van der Waals surface area contributed by atoms with Gasteiger partial charge in [0.15, 0.2) is 5.54 Å². The van der Waals surface area contributed by atoms with E-state index < -0.39 is 23.4 Å². The first-order valence-electron chi connectivity index (χ1n) is 10.2. The number of urea groups is 1. The van der Waals surface area contributed by atoms with E-state index in [1.165, 1.54) is 0 Å². The molecule has 3 aromatic rings. The van der Waals surface area contributed by atoms with E-state index in [9.17, 15) is 14.4 Å². The van der Waals surface area contributed by atoms with Gasteiger partial charge in [0.25, 0.3) is 5.91 Å². The Balaban J connectivity index is 1.58. The lowest BCUT2D eigenvalue weighted by Crippen LogP contribution is -2.46. The number of imide groups is 1. The molecule has 0 unspecified atom stereocenters. The number of carbonyl (C=O) groups excluding carboxylic acids is 3. The third-order valence-corrected chi connectivity index (χ3v) is 5.82. The van der Waals surface area contributed by atoms with Crippen molar-refractivity contribution >= 4 is 29.4 Å². The quantitative estimate of drug-likeness (QED) is 0.560. The first-order valence-corrected chi connectivity index (χ1v) is 10.6. The molecule has 7 heteroatoms. The summed E-state index contributed by atoms with van der Waals surface area (Å²) >= 11 is 5.92. The fourth-order valence-electron chi connectivity index (χ4n) is 3.92. The molecule has 1 fully saturated rings. The maximum absolute atomic E-state index is 13.6. The summed E-state index contributed by atoms with van der Waals surface area (Å²) < 4.78 is 0. The van der Waals surface area contributed by atoms with Crippen LogP contribution >= 0.6 is 11.6 Å². The average Bonchev–Trinajstić information content (AvgIpc) is 3.06. The number of rotatable bonds is 6. The van der Waals surface area contributed by atoms with Crippen molar-refractivity contribution in [2.75, 3.05) is 6.54 Å². The van der Waals surface area contributed by atoms with Crippen LogP contribution in [0.2, 0.25) is 5.02 Å². The number of carbonyl (C=O) groups is 3. The lowest BCUT2D eigenvalue weighted by Gasteiger charge is -2.28. The summed E-state index contributed by atoms with van der Waals surface area (Å²) in [6.45, 7) is 1.44. The van der Waals surface area contributed by atoms with Crippen LogP contribution in [-0.4, -0.2) is 29.3 Å². The van der Waals surface area contributed by atoms with Gasteiger partial charge in [-0.25, -0.2) is 4.79 Å². The number of nitrogens with one attached hydrogen (secondary N) is 2. The SMILES string of the molecule is C[C@@H](NC(=O)CN1C(=O)NC(c2ccccc2)(c2ccccc2)C1=O)c1ccc(Cl)cc1. The Bertz CT molecular complexity index is 1090. The van der Waals surface area contributed by atoms with Crippen molar-refractivity contribution in [1.29, 1.82) is 0 Å². The van der Waals surface area contributed by atoms with E-state index in [1.807, 2.05) is 55.5 Å². The minimum absolute atomic E-state index is 0.312. The fraction of sp³-hybridized carbons (Fsp3) is 0.160. The highest BCUT2D eigenvalue weighted by Gasteiger charge is 2.54. The Morgan fingerprint density at radius 3 is 2.00 bits per heavy atom. The molecule has 4 rings (SSSR count). The Morgan fingerprint density at radius 2 is 1.47 bits per heavy atom. The van der Waals surface area contributed by atoms with Crippen molar-refractivity contribution < 1.29 is 14.4 Å². The zero-order valence-electron chi connectivity index (χ0n) is 17.4. The predicted octanol–water partition coefficient (Wildman–Crippen LogP) is 4.01. The molecule has 1 saturated heterocycles. The van der Waals surface area contributed by atoms with E-state index in [-0.39, 0.29) is 12.6 Å². The molecule has 3 aromatic carbocycles. The molecule has 0 bridgehead atoms. The molecule has 1 aliphatic rings. The van der Waals surface area contributed by atoms with Gasteiger partial charge >= 0.3 is 6.03 Å². The van der Waals surface area contributed by atoms with Crippen LogP contribution in [0, 0.1) is 0 Å². The summed E-state index contributed by atoms with van der Waals surface area (Å²) in [5, 5.41) is 6.28. The summed E-state index contributed by atoms with van der Waals surface area (Å²) in [6.07, 6.45) is 0. The van der Waals surface area contributed by atoms with Crippen molar-refractivity contribution in [2.24, 2.45) is 0 Å². The molecule has 32 heavy (non-hydrogen) atoms. The second-order valence-corrected chi connectivity index (χ2v) is 8.08. The molecular weight excluding hydrogens is 426 g/mol. The summed E-state index contributed by atoms with van der Waals surface area (Å²) in [7, 11) is 0. The standard InChI is InChI=1S/C25H22ClN3O3/c1-17(18-12-14-21(26)15-13-18)27-22(30)16-29-23(31)25(28-24(29)32,19-8-4-2-5-9-19)20-10-6-3-7-11-20/h2-15,17H,16H2,1H3,(H,27,30)(H,28,32)/t17-/m1/s1. The summed E-state index contributed by atoms with van der Waals surface area (Å²) in [5.41, 5.74) is 0.730. The van der Waals surface area contributed by atoms with Crippen molar-refractivity contribution in [2.45, 2.75) is 18.5 Å². The summed E-state index contributed by atoms with van der Waals surface area (Å²) in [4.78, 5) is 40.2. The molecule has 0 aliphatic carbocycles. The van der Waals surface area contributed by atoms with Crippen LogP contribution < -0.4 is 10.6 Å². The molecular formula is C25H22ClN3O3. The number of nitrogens with zero attached hydrogens (tertiary/aromatic N) is 1. The lowest BCUT2D eigenvalue weighted by atomic mass is 9.82. The molecule has 2 N–H and O–H groups in total. The predicted molar refractivity (Wildman–Crippen MR) is 122 cm³/mol. The topological polar surface area (TPSA) is 78.5 Å². The first kappa shape index (κ1) is 21.6. The van der Waals surface area contributed by atoms with E-state index in [0.717, 1.165) is 10.5 Å². The molecule has 1 aliphatic heterocycles. The van der Waals surface area contributed by atoms with Crippen LogP contribution in [0.3, 0.4) is 0 Å². The molecule has 162 valence electrons. The molecule has 4 amide bonds. The zero-order valence-corrected chi connectivity index (χ0v) is 18.2. The summed E-state index contributed by atoms with van der Waals surface area (Å²) in [6, 6.07) is 24.3. The van der Waals surface area contributed by atoms with Gasteiger partial charge in [0, 0.05) is 5.02 Å². The molecule has 6 nitrogen and oxygen atoms in total. The summed E-state index contributed by atoms with van der Waals surface area (Å²) in [5.74, 6) is -0.929. The third kappa shape index (κ3) is 3.97. The Labute approximate surface area is 191 Å². The molecule has 0 aromatic heterocycles.